The summed E-state index contributed by atoms with van der Waals surface area (Å²) in [4.78, 5) is 18.5. The van der Waals surface area contributed by atoms with Gasteiger partial charge in [0.15, 0.2) is 0 Å². The molecule has 1 aromatic carbocycles. The van der Waals surface area contributed by atoms with Crippen molar-refractivity contribution in [3.63, 3.8) is 0 Å². The van der Waals surface area contributed by atoms with Crippen molar-refractivity contribution in [1.82, 2.24) is 9.88 Å². The number of likely N-dealkylation sites (tertiary alicyclic amines) is 1. The number of ether oxygens (including phenoxy) is 1. The fourth-order valence-electron chi connectivity index (χ4n) is 3.56. The van der Waals surface area contributed by atoms with Crippen LogP contribution in [0.2, 0.25) is 0 Å². The van der Waals surface area contributed by atoms with Gasteiger partial charge < -0.3 is 14.9 Å². The Balaban J connectivity index is 1.71. The van der Waals surface area contributed by atoms with E-state index in [0.29, 0.717) is 38.4 Å². The third-order valence-electron chi connectivity index (χ3n) is 5.11. The predicted molar refractivity (Wildman–Crippen MR) is 96.9 cm³/mol. The molecule has 1 aliphatic heterocycles. The number of nitrogens with zero attached hydrogens (tertiary/aromatic N) is 2. The van der Waals surface area contributed by atoms with Crippen LogP contribution in [0, 0.1) is 5.41 Å². The summed E-state index contributed by atoms with van der Waals surface area (Å²) in [7, 11) is 1.57. The molecule has 6 heteroatoms. The number of aliphatic carboxylic acids is 1. The van der Waals surface area contributed by atoms with Crippen molar-refractivity contribution < 1.29 is 19.7 Å². The number of aliphatic hydroxyl groups is 1. The molecule has 6 nitrogen and oxygen atoms in total. The van der Waals surface area contributed by atoms with Crippen LogP contribution >= 0.6 is 0 Å². The normalized spacial score (nSPS) is 23.5. The van der Waals surface area contributed by atoms with E-state index in [1.165, 1.54) is 0 Å². The van der Waals surface area contributed by atoms with Crippen molar-refractivity contribution in [1.29, 1.82) is 0 Å². The van der Waals surface area contributed by atoms with Crippen LogP contribution in [0.4, 0.5) is 0 Å². The number of rotatable bonds is 6. The summed E-state index contributed by atoms with van der Waals surface area (Å²) in [6, 6.07) is 15.0. The van der Waals surface area contributed by atoms with Crippen LogP contribution in [0.1, 0.15) is 17.7 Å². The Morgan fingerprint density at radius 2 is 2.04 bits per heavy atom. The Kier molecular flexibility index (Phi) is 5.54. The van der Waals surface area contributed by atoms with Crippen molar-refractivity contribution >= 4 is 5.97 Å². The highest BCUT2D eigenvalue weighted by Gasteiger charge is 2.48. The molecule has 0 saturated carbocycles. The van der Waals surface area contributed by atoms with Gasteiger partial charge >= 0.3 is 5.97 Å². The van der Waals surface area contributed by atoms with E-state index < -0.39 is 17.5 Å². The number of methoxy groups -OCH3 is 1. The Morgan fingerprint density at radius 3 is 2.69 bits per heavy atom. The number of hydrogen-bond donors (Lipinski definition) is 2. The second-order valence-corrected chi connectivity index (χ2v) is 6.80. The van der Waals surface area contributed by atoms with E-state index in [0.717, 1.165) is 11.3 Å². The molecule has 2 heterocycles. The number of piperidine rings is 1. The fraction of sp³-hybridized carbons (Fsp3) is 0.400. The molecule has 26 heavy (non-hydrogen) atoms. The molecule has 1 aliphatic rings. The third kappa shape index (κ3) is 3.86. The van der Waals surface area contributed by atoms with E-state index in [-0.39, 0.29) is 0 Å². The first kappa shape index (κ1) is 18.4. The summed E-state index contributed by atoms with van der Waals surface area (Å²) >= 11 is 0. The monoisotopic (exact) mass is 356 g/mol. The summed E-state index contributed by atoms with van der Waals surface area (Å²) in [6.07, 6.45) is -0.225. The lowest BCUT2D eigenvalue weighted by molar-refractivity contribution is -0.163. The van der Waals surface area contributed by atoms with Gasteiger partial charge in [0.2, 0.25) is 5.88 Å². The predicted octanol–water partition coefficient (Wildman–Crippen LogP) is 1.97. The first-order valence-electron chi connectivity index (χ1n) is 8.71. The van der Waals surface area contributed by atoms with Gasteiger partial charge in [0.05, 0.1) is 18.9 Å². The van der Waals surface area contributed by atoms with E-state index in [4.69, 9.17) is 4.74 Å². The van der Waals surface area contributed by atoms with Gasteiger partial charge in [0.1, 0.15) is 5.41 Å². The van der Waals surface area contributed by atoms with Crippen molar-refractivity contribution in [2.75, 3.05) is 20.2 Å². The summed E-state index contributed by atoms with van der Waals surface area (Å²) in [5.41, 5.74) is 0.610. The van der Waals surface area contributed by atoms with Crippen LogP contribution in [0.15, 0.2) is 48.5 Å². The number of carboxylic acid groups (broad SMARTS) is 1. The van der Waals surface area contributed by atoms with Gasteiger partial charge in [-0.2, -0.15) is 0 Å². The number of benzene rings is 1. The van der Waals surface area contributed by atoms with Crippen LogP contribution < -0.4 is 4.74 Å². The fourth-order valence-corrected chi connectivity index (χ4v) is 3.56. The van der Waals surface area contributed by atoms with Gasteiger partial charge in [-0.05, 0) is 31.0 Å². The smallest absolute Gasteiger partial charge is 0.312 e. The molecule has 0 bridgehead atoms. The van der Waals surface area contributed by atoms with Crippen LogP contribution in [0.3, 0.4) is 0 Å². The molecule has 138 valence electrons. The number of carbonyl (C=O) groups is 1. The Hall–Kier alpha value is -2.44. The molecule has 1 aromatic heterocycles. The first-order valence-corrected chi connectivity index (χ1v) is 8.71. The molecular formula is C20H24N2O4. The van der Waals surface area contributed by atoms with E-state index in [1.54, 1.807) is 13.2 Å². The van der Waals surface area contributed by atoms with Gasteiger partial charge in [0.25, 0.3) is 0 Å². The maximum Gasteiger partial charge on any atom is 0.312 e. The average Bonchev–Trinajstić information content (AvgIpc) is 2.65. The van der Waals surface area contributed by atoms with Gasteiger partial charge in [-0.1, -0.05) is 36.4 Å². The van der Waals surface area contributed by atoms with Crippen LogP contribution in [0.25, 0.3) is 0 Å². The number of hydrogen-bond acceptors (Lipinski definition) is 5. The second kappa shape index (κ2) is 7.85. The number of aliphatic hydroxyl groups excluding tert-OH is 1. The maximum atomic E-state index is 12.0. The minimum atomic E-state index is -1.15. The molecule has 0 amide bonds. The average molecular weight is 356 g/mol. The van der Waals surface area contributed by atoms with Crippen molar-refractivity contribution in [3.8, 4) is 5.88 Å². The van der Waals surface area contributed by atoms with Crippen LogP contribution in [-0.4, -0.2) is 52.4 Å². The summed E-state index contributed by atoms with van der Waals surface area (Å²) in [5, 5.41) is 20.6. The standard InChI is InChI=1S/C20H24N2O4/c1-26-18-9-5-8-16(21-18)13-22-11-10-20(19(24)25,17(23)14-22)12-15-6-3-2-4-7-15/h2-9,17,23H,10-14H2,1H3,(H,24,25)/t17-,20-/m1/s1. The highest BCUT2D eigenvalue weighted by Crippen LogP contribution is 2.36. The van der Waals surface area contributed by atoms with Crippen molar-refractivity contribution in [2.24, 2.45) is 5.41 Å². The Bertz CT molecular complexity index is 752. The Labute approximate surface area is 153 Å². The molecule has 1 fully saturated rings. The van der Waals surface area contributed by atoms with E-state index in [9.17, 15) is 15.0 Å². The highest BCUT2D eigenvalue weighted by molar-refractivity contribution is 5.76. The largest absolute Gasteiger partial charge is 0.481 e. The summed E-state index contributed by atoms with van der Waals surface area (Å²) < 4.78 is 5.14. The lowest BCUT2D eigenvalue weighted by Gasteiger charge is -2.42. The zero-order valence-corrected chi connectivity index (χ0v) is 14.8. The Morgan fingerprint density at radius 1 is 1.27 bits per heavy atom. The minimum Gasteiger partial charge on any atom is -0.481 e. The molecule has 1 saturated heterocycles. The summed E-state index contributed by atoms with van der Waals surface area (Å²) in [5.74, 6) is -0.392. The molecule has 3 rings (SSSR count). The van der Waals surface area contributed by atoms with E-state index >= 15 is 0 Å². The van der Waals surface area contributed by atoms with E-state index in [2.05, 4.69) is 4.98 Å². The minimum absolute atomic E-state index is 0.304. The molecule has 0 spiro atoms. The van der Waals surface area contributed by atoms with Crippen LogP contribution in [0.5, 0.6) is 5.88 Å². The lowest BCUT2D eigenvalue weighted by Crippen LogP contribution is -2.55. The van der Waals surface area contributed by atoms with Crippen LogP contribution in [-0.2, 0) is 17.8 Å². The van der Waals surface area contributed by atoms with Gasteiger partial charge in [0, 0.05) is 19.2 Å². The van der Waals surface area contributed by atoms with Gasteiger partial charge in [-0.3, -0.25) is 9.69 Å². The highest BCUT2D eigenvalue weighted by atomic mass is 16.5. The number of β-amino-alcohol motifs (C(OH)–C–C–N with tert-alkyl or cyclic N) is 1. The number of carboxylic acids is 1. The van der Waals surface area contributed by atoms with Gasteiger partial charge in [-0.15, -0.1) is 0 Å². The number of pyridine rings is 1. The third-order valence-corrected chi connectivity index (χ3v) is 5.11. The van der Waals surface area contributed by atoms with E-state index in [1.807, 2.05) is 47.4 Å². The van der Waals surface area contributed by atoms with Crippen molar-refractivity contribution in [3.05, 3.63) is 59.8 Å². The second-order valence-electron chi connectivity index (χ2n) is 6.80. The number of aromatic nitrogens is 1. The molecule has 2 N–H and O–H groups in total. The summed E-state index contributed by atoms with van der Waals surface area (Å²) in [6.45, 7) is 1.45. The van der Waals surface area contributed by atoms with Crippen molar-refractivity contribution in [2.45, 2.75) is 25.5 Å². The molecular weight excluding hydrogens is 332 g/mol. The zero-order valence-electron chi connectivity index (χ0n) is 14.8. The topological polar surface area (TPSA) is 82.9 Å². The SMILES string of the molecule is COc1cccc(CN2CC[C@](Cc3ccccc3)(C(=O)O)[C@H](O)C2)n1. The zero-order chi connectivity index (χ0) is 18.6. The quantitative estimate of drug-likeness (QED) is 0.823. The molecule has 0 aliphatic carbocycles. The maximum absolute atomic E-state index is 12.0. The molecule has 2 atom stereocenters. The molecule has 0 radical (unpaired) electrons. The first-order chi connectivity index (χ1) is 12.5. The lowest BCUT2D eigenvalue weighted by atomic mass is 9.71. The molecule has 0 unspecified atom stereocenters. The van der Waals surface area contributed by atoms with Gasteiger partial charge in [-0.25, -0.2) is 4.98 Å². The molecule has 2 aromatic rings.